The van der Waals surface area contributed by atoms with Crippen molar-refractivity contribution in [1.29, 1.82) is 0 Å². The molecule has 7 heteroatoms. The Balaban J connectivity index is 1.79. The standard InChI is InChI=1S/C24H28N2O5/c1-3-16(2)21(23(28)29)25-22(27)20-13-18-11-7-8-12-19(18)14-26(20)24(30)31-15-17-9-5-4-6-10-17/h4-12,16,20-21H,3,13-15H2,1-2H3,(H,25,27)(H,28,29)/t16-,20-,21+/m0/s1. The van der Waals surface area contributed by atoms with E-state index in [1.807, 2.05) is 61.5 Å². The molecule has 7 nitrogen and oxygen atoms in total. The van der Waals surface area contributed by atoms with Crippen LogP contribution in [0.25, 0.3) is 0 Å². The first kappa shape index (κ1) is 22.3. The molecule has 0 radical (unpaired) electrons. The Bertz CT molecular complexity index is 931. The third kappa shape index (κ3) is 5.42. The summed E-state index contributed by atoms with van der Waals surface area (Å²) < 4.78 is 5.47. The Morgan fingerprint density at radius 3 is 2.39 bits per heavy atom. The van der Waals surface area contributed by atoms with Crippen LogP contribution in [0, 0.1) is 5.92 Å². The van der Waals surface area contributed by atoms with Crippen LogP contribution >= 0.6 is 0 Å². The van der Waals surface area contributed by atoms with Gasteiger partial charge in [0.2, 0.25) is 5.91 Å². The van der Waals surface area contributed by atoms with Crippen LogP contribution in [0.2, 0.25) is 0 Å². The lowest BCUT2D eigenvalue weighted by Gasteiger charge is -2.36. The van der Waals surface area contributed by atoms with Crippen molar-refractivity contribution in [2.24, 2.45) is 5.92 Å². The molecule has 0 saturated heterocycles. The quantitative estimate of drug-likeness (QED) is 0.711. The molecule has 1 aliphatic heterocycles. The number of rotatable bonds is 7. The van der Waals surface area contributed by atoms with Crippen LogP contribution in [0.1, 0.15) is 37.0 Å². The van der Waals surface area contributed by atoms with Crippen LogP contribution in [-0.4, -0.2) is 40.1 Å². The number of carboxylic acid groups (broad SMARTS) is 1. The summed E-state index contributed by atoms with van der Waals surface area (Å²) in [5, 5.41) is 12.2. The molecule has 2 amide bonds. The Morgan fingerprint density at radius 2 is 1.74 bits per heavy atom. The van der Waals surface area contributed by atoms with Crippen molar-refractivity contribution in [3.05, 3.63) is 71.3 Å². The molecule has 1 aliphatic rings. The van der Waals surface area contributed by atoms with Crippen molar-refractivity contribution in [2.75, 3.05) is 0 Å². The zero-order valence-electron chi connectivity index (χ0n) is 17.8. The van der Waals surface area contributed by atoms with E-state index in [0.717, 1.165) is 16.7 Å². The van der Waals surface area contributed by atoms with Crippen LogP contribution < -0.4 is 5.32 Å². The zero-order chi connectivity index (χ0) is 22.4. The van der Waals surface area contributed by atoms with Gasteiger partial charge in [-0.3, -0.25) is 9.69 Å². The van der Waals surface area contributed by atoms with Gasteiger partial charge in [0.15, 0.2) is 0 Å². The maximum Gasteiger partial charge on any atom is 0.411 e. The number of carboxylic acids is 1. The van der Waals surface area contributed by atoms with E-state index in [0.29, 0.717) is 12.8 Å². The number of aliphatic carboxylic acids is 1. The van der Waals surface area contributed by atoms with Gasteiger partial charge in [-0.15, -0.1) is 0 Å². The first-order chi connectivity index (χ1) is 14.9. The second-order valence-corrected chi connectivity index (χ2v) is 7.87. The van der Waals surface area contributed by atoms with Gasteiger partial charge < -0.3 is 15.2 Å². The van der Waals surface area contributed by atoms with Crippen LogP contribution in [0.4, 0.5) is 4.79 Å². The van der Waals surface area contributed by atoms with Crippen LogP contribution in [0.5, 0.6) is 0 Å². The first-order valence-corrected chi connectivity index (χ1v) is 10.5. The number of benzene rings is 2. The highest BCUT2D eigenvalue weighted by Gasteiger charge is 2.37. The lowest BCUT2D eigenvalue weighted by atomic mass is 9.93. The van der Waals surface area contributed by atoms with E-state index in [1.165, 1.54) is 4.90 Å². The van der Waals surface area contributed by atoms with Crippen molar-refractivity contribution >= 4 is 18.0 Å². The number of ether oxygens (including phenoxy) is 1. The van der Waals surface area contributed by atoms with Crippen molar-refractivity contribution in [3.63, 3.8) is 0 Å². The first-order valence-electron chi connectivity index (χ1n) is 10.5. The molecular formula is C24H28N2O5. The van der Waals surface area contributed by atoms with Crippen LogP contribution in [-0.2, 0) is 33.9 Å². The summed E-state index contributed by atoms with van der Waals surface area (Å²) in [5.74, 6) is -1.81. The van der Waals surface area contributed by atoms with Gasteiger partial charge in [-0.25, -0.2) is 9.59 Å². The fourth-order valence-corrected chi connectivity index (χ4v) is 3.68. The minimum Gasteiger partial charge on any atom is -0.480 e. The third-order valence-corrected chi connectivity index (χ3v) is 5.77. The van der Waals surface area contributed by atoms with E-state index < -0.39 is 30.1 Å². The molecule has 3 rings (SSSR count). The second-order valence-electron chi connectivity index (χ2n) is 7.87. The number of hydrogen-bond donors (Lipinski definition) is 2. The summed E-state index contributed by atoms with van der Waals surface area (Å²) in [7, 11) is 0. The van der Waals surface area contributed by atoms with Crippen LogP contribution in [0.3, 0.4) is 0 Å². The minimum absolute atomic E-state index is 0.0940. The fourth-order valence-electron chi connectivity index (χ4n) is 3.68. The Hall–Kier alpha value is -3.35. The lowest BCUT2D eigenvalue weighted by molar-refractivity contribution is -0.144. The molecule has 0 spiro atoms. The van der Waals surface area contributed by atoms with E-state index in [1.54, 1.807) is 6.92 Å². The molecule has 0 bridgehead atoms. The highest BCUT2D eigenvalue weighted by Crippen LogP contribution is 2.25. The number of nitrogens with one attached hydrogen (secondary N) is 1. The zero-order valence-corrected chi connectivity index (χ0v) is 17.8. The normalized spacial score (nSPS) is 17.2. The van der Waals surface area contributed by atoms with E-state index in [-0.39, 0.29) is 19.1 Å². The number of fused-ring (bicyclic) bond motifs is 1. The smallest absolute Gasteiger partial charge is 0.411 e. The van der Waals surface area contributed by atoms with Crippen LogP contribution in [0.15, 0.2) is 54.6 Å². The molecule has 31 heavy (non-hydrogen) atoms. The molecule has 0 aromatic heterocycles. The molecule has 0 unspecified atom stereocenters. The van der Waals surface area contributed by atoms with E-state index >= 15 is 0 Å². The summed E-state index contributed by atoms with van der Waals surface area (Å²) in [6, 6.07) is 15.1. The molecule has 164 valence electrons. The van der Waals surface area contributed by atoms with Crippen molar-refractivity contribution in [2.45, 2.75) is 51.9 Å². The summed E-state index contributed by atoms with van der Waals surface area (Å²) in [5.41, 5.74) is 2.75. The summed E-state index contributed by atoms with van der Waals surface area (Å²) in [6.07, 6.45) is 0.303. The SMILES string of the molecule is CC[C@H](C)[C@@H](NC(=O)[C@@H]1Cc2ccccc2CN1C(=O)OCc1ccccc1)C(=O)O. The van der Waals surface area contributed by atoms with Gasteiger partial charge in [-0.2, -0.15) is 0 Å². The molecule has 2 N–H and O–H groups in total. The minimum atomic E-state index is -1.09. The number of carbonyl (C=O) groups is 3. The summed E-state index contributed by atoms with van der Waals surface area (Å²) in [6.45, 7) is 3.97. The molecule has 0 aliphatic carbocycles. The maximum atomic E-state index is 13.1. The number of nitrogens with zero attached hydrogens (tertiary/aromatic N) is 1. The van der Waals surface area contributed by atoms with Gasteiger partial charge in [-0.05, 0) is 22.6 Å². The topological polar surface area (TPSA) is 95.9 Å². The monoisotopic (exact) mass is 424 g/mol. The lowest BCUT2D eigenvalue weighted by Crippen LogP contribution is -2.56. The Labute approximate surface area is 182 Å². The van der Waals surface area contributed by atoms with E-state index in [4.69, 9.17) is 4.74 Å². The van der Waals surface area contributed by atoms with E-state index in [2.05, 4.69) is 5.32 Å². The molecule has 3 atom stereocenters. The van der Waals surface area contributed by atoms with Gasteiger partial charge in [0.25, 0.3) is 0 Å². The average Bonchev–Trinajstić information content (AvgIpc) is 2.79. The summed E-state index contributed by atoms with van der Waals surface area (Å²) in [4.78, 5) is 39.1. The highest BCUT2D eigenvalue weighted by molar-refractivity contribution is 5.90. The fraction of sp³-hybridized carbons (Fsp3) is 0.375. The molecular weight excluding hydrogens is 396 g/mol. The predicted octanol–water partition coefficient (Wildman–Crippen LogP) is 3.37. The van der Waals surface area contributed by atoms with Gasteiger partial charge in [0.1, 0.15) is 18.7 Å². The van der Waals surface area contributed by atoms with E-state index in [9.17, 15) is 19.5 Å². The predicted molar refractivity (Wildman–Crippen MR) is 115 cm³/mol. The highest BCUT2D eigenvalue weighted by atomic mass is 16.6. The molecule has 2 aromatic rings. The van der Waals surface area contributed by atoms with Gasteiger partial charge in [0, 0.05) is 6.42 Å². The molecule has 0 saturated carbocycles. The molecule has 2 aromatic carbocycles. The average molecular weight is 424 g/mol. The van der Waals surface area contributed by atoms with Gasteiger partial charge >= 0.3 is 12.1 Å². The van der Waals surface area contributed by atoms with Gasteiger partial charge in [0.05, 0.1) is 6.54 Å². The molecule has 0 fully saturated rings. The Kier molecular flexibility index (Phi) is 7.28. The summed E-state index contributed by atoms with van der Waals surface area (Å²) >= 11 is 0. The number of carbonyl (C=O) groups excluding carboxylic acids is 2. The second kappa shape index (κ2) is 10.1. The number of hydrogen-bond acceptors (Lipinski definition) is 4. The molecule has 1 heterocycles. The Morgan fingerprint density at radius 1 is 1.10 bits per heavy atom. The van der Waals surface area contributed by atoms with Gasteiger partial charge in [-0.1, -0.05) is 74.9 Å². The number of amides is 2. The maximum absolute atomic E-state index is 13.1. The largest absolute Gasteiger partial charge is 0.480 e. The van der Waals surface area contributed by atoms with Crippen molar-refractivity contribution < 1.29 is 24.2 Å². The van der Waals surface area contributed by atoms with Crippen molar-refractivity contribution in [3.8, 4) is 0 Å². The van der Waals surface area contributed by atoms with Crippen molar-refractivity contribution in [1.82, 2.24) is 10.2 Å². The third-order valence-electron chi connectivity index (χ3n) is 5.77.